The molecule has 0 saturated heterocycles. The van der Waals surface area contributed by atoms with E-state index in [-0.39, 0.29) is 17.9 Å². The first kappa shape index (κ1) is 19.4. The molecule has 0 aliphatic rings. The van der Waals surface area contributed by atoms with Gasteiger partial charge in [0.15, 0.2) is 6.61 Å². The summed E-state index contributed by atoms with van der Waals surface area (Å²) in [7, 11) is 0. The Balaban J connectivity index is 1.67. The number of nitrogens with zero attached hydrogens (tertiary/aromatic N) is 1. The van der Waals surface area contributed by atoms with Gasteiger partial charge in [0.25, 0.3) is 5.91 Å². The second-order valence-corrected chi connectivity index (χ2v) is 8.17. The van der Waals surface area contributed by atoms with E-state index < -0.39 is 0 Å². The second kappa shape index (κ2) is 8.99. The van der Waals surface area contributed by atoms with Gasteiger partial charge in [0.2, 0.25) is 0 Å². The zero-order chi connectivity index (χ0) is 18.3. The van der Waals surface area contributed by atoms with Gasteiger partial charge in [-0.3, -0.25) is 4.79 Å². The van der Waals surface area contributed by atoms with E-state index in [1.807, 2.05) is 31.2 Å². The third kappa shape index (κ3) is 6.50. The molecule has 5 heteroatoms. The van der Waals surface area contributed by atoms with Gasteiger partial charge in [0.1, 0.15) is 5.75 Å². The van der Waals surface area contributed by atoms with E-state index in [2.05, 4.69) is 36.5 Å². The zero-order valence-corrected chi connectivity index (χ0v) is 16.4. The summed E-state index contributed by atoms with van der Waals surface area (Å²) in [6.07, 6.45) is 2.95. The van der Waals surface area contributed by atoms with Crippen LogP contribution in [0.4, 0.5) is 0 Å². The fraction of sp³-hybridized carbons (Fsp3) is 0.500. The van der Waals surface area contributed by atoms with Gasteiger partial charge in [-0.2, -0.15) is 0 Å². The predicted molar refractivity (Wildman–Crippen MR) is 103 cm³/mol. The molecule has 1 N–H and O–H groups in total. The average molecular weight is 361 g/mol. The van der Waals surface area contributed by atoms with Gasteiger partial charge in [-0.15, -0.1) is 11.3 Å². The molecule has 0 unspecified atom stereocenters. The Hall–Kier alpha value is -1.88. The van der Waals surface area contributed by atoms with Crippen molar-refractivity contribution >= 4 is 17.2 Å². The lowest BCUT2D eigenvalue weighted by atomic mass is 9.86. The van der Waals surface area contributed by atoms with Crippen LogP contribution in [0.3, 0.4) is 0 Å². The molecule has 0 fully saturated rings. The van der Waals surface area contributed by atoms with Crippen molar-refractivity contribution in [2.45, 2.75) is 52.4 Å². The number of aryl methyl sites for hydroxylation is 2. The number of para-hydroxylation sites is 1. The first-order chi connectivity index (χ1) is 11.9. The molecule has 1 heterocycles. The molecule has 0 aliphatic heterocycles. The van der Waals surface area contributed by atoms with E-state index in [9.17, 15) is 4.79 Å². The molecule has 1 aromatic carbocycles. The second-order valence-electron chi connectivity index (χ2n) is 7.22. The highest BCUT2D eigenvalue weighted by atomic mass is 32.1. The van der Waals surface area contributed by atoms with Gasteiger partial charge >= 0.3 is 0 Å². The number of ether oxygens (including phenoxy) is 1. The van der Waals surface area contributed by atoms with Gasteiger partial charge < -0.3 is 10.1 Å². The number of nitrogens with one attached hydrogen (secondary N) is 1. The number of carbonyl (C=O) groups excluding carboxylic acids is 1. The van der Waals surface area contributed by atoms with Crippen LogP contribution in [0.15, 0.2) is 29.6 Å². The lowest BCUT2D eigenvalue weighted by Crippen LogP contribution is -2.30. The van der Waals surface area contributed by atoms with Crippen LogP contribution in [0, 0.1) is 6.92 Å². The minimum absolute atomic E-state index is 0.0126. The van der Waals surface area contributed by atoms with Gasteiger partial charge in [-0.05, 0) is 43.2 Å². The van der Waals surface area contributed by atoms with Crippen LogP contribution in [0.1, 0.15) is 49.9 Å². The molecule has 0 bridgehead atoms. The van der Waals surface area contributed by atoms with Crippen molar-refractivity contribution in [3.8, 4) is 5.75 Å². The third-order valence-electron chi connectivity index (χ3n) is 3.86. The fourth-order valence-electron chi connectivity index (χ4n) is 2.55. The van der Waals surface area contributed by atoms with Crippen LogP contribution in [0.5, 0.6) is 5.75 Å². The topological polar surface area (TPSA) is 51.2 Å². The van der Waals surface area contributed by atoms with Gasteiger partial charge in [0.05, 0.1) is 5.01 Å². The van der Waals surface area contributed by atoms with Crippen molar-refractivity contribution < 1.29 is 9.53 Å². The summed E-state index contributed by atoms with van der Waals surface area (Å²) in [6, 6.07) is 7.90. The average Bonchev–Trinajstić information content (AvgIpc) is 2.97. The lowest BCUT2D eigenvalue weighted by Gasteiger charge is -2.22. The Morgan fingerprint density at radius 2 is 2.00 bits per heavy atom. The van der Waals surface area contributed by atoms with E-state index in [0.29, 0.717) is 6.54 Å². The first-order valence-electron chi connectivity index (χ1n) is 8.76. The van der Waals surface area contributed by atoms with Crippen LogP contribution in [-0.2, 0) is 16.6 Å². The Morgan fingerprint density at radius 3 is 2.68 bits per heavy atom. The maximum Gasteiger partial charge on any atom is 0.257 e. The first-order valence-corrected chi connectivity index (χ1v) is 9.64. The van der Waals surface area contributed by atoms with Crippen LogP contribution < -0.4 is 10.1 Å². The standard InChI is InChI=1S/C20H28N2O2S/c1-15-14-25-19(22-15)11-7-8-12-21-18(23)13-24-17-10-6-5-9-16(17)20(2,3)4/h5-6,9-10,14H,7-8,11-13H2,1-4H3,(H,21,23). The van der Waals surface area contributed by atoms with Crippen molar-refractivity contribution in [2.24, 2.45) is 0 Å². The van der Waals surface area contributed by atoms with Crippen LogP contribution in [0.25, 0.3) is 0 Å². The molecule has 1 aromatic heterocycles. The summed E-state index contributed by atoms with van der Waals surface area (Å²) in [4.78, 5) is 16.4. The summed E-state index contributed by atoms with van der Waals surface area (Å²) in [6.45, 7) is 9.15. The minimum Gasteiger partial charge on any atom is -0.483 e. The number of hydrogen-bond acceptors (Lipinski definition) is 4. The van der Waals surface area contributed by atoms with E-state index in [1.165, 1.54) is 5.01 Å². The van der Waals surface area contributed by atoms with Crippen molar-refractivity contribution in [2.75, 3.05) is 13.2 Å². The molecular weight excluding hydrogens is 332 g/mol. The summed E-state index contributed by atoms with van der Waals surface area (Å²) < 4.78 is 5.73. The molecule has 25 heavy (non-hydrogen) atoms. The molecule has 2 aromatic rings. The van der Waals surface area contributed by atoms with Crippen LogP contribution in [0.2, 0.25) is 0 Å². The Bertz CT molecular complexity index is 689. The number of hydrogen-bond donors (Lipinski definition) is 1. The predicted octanol–water partition coefficient (Wildman–Crippen LogP) is 4.27. The van der Waals surface area contributed by atoms with E-state index in [1.54, 1.807) is 11.3 Å². The maximum absolute atomic E-state index is 12.0. The number of unbranched alkanes of at least 4 members (excludes halogenated alkanes) is 1. The van der Waals surface area contributed by atoms with E-state index in [4.69, 9.17) is 4.74 Å². The summed E-state index contributed by atoms with van der Waals surface area (Å²) >= 11 is 1.70. The number of thiazole rings is 1. The molecule has 0 saturated carbocycles. The van der Waals surface area contributed by atoms with E-state index in [0.717, 1.165) is 36.3 Å². The molecule has 0 atom stereocenters. The molecule has 4 nitrogen and oxygen atoms in total. The third-order valence-corrected chi connectivity index (χ3v) is 4.89. The van der Waals surface area contributed by atoms with Crippen LogP contribution >= 0.6 is 11.3 Å². The Labute approximate surface area is 154 Å². The zero-order valence-electron chi connectivity index (χ0n) is 15.6. The van der Waals surface area contributed by atoms with Crippen molar-refractivity contribution in [1.82, 2.24) is 10.3 Å². The monoisotopic (exact) mass is 360 g/mol. The molecule has 0 aliphatic carbocycles. The van der Waals surface area contributed by atoms with E-state index >= 15 is 0 Å². The van der Waals surface area contributed by atoms with Crippen LogP contribution in [-0.4, -0.2) is 24.0 Å². The molecule has 0 radical (unpaired) electrons. The smallest absolute Gasteiger partial charge is 0.257 e. The maximum atomic E-state index is 12.0. The Morgan fingerprint density at radius 1 is 1.24 bits per heavy atom. The molecule has 1 amide bonds. The molecular formula is C20H28N2O2S. The minimum atomic E-state index is -0.0752. The number of aromatic nitrogens is 1. The quantitative estimate of drug-likeness (QED) is 0.715. The highest BCUT2D eigenvalue weighted by Gasteiger charge is 2.18. The van der Waals surface area contributed by atoms with Crippen molar-refractivity contribution in [1.29, 1.82) is 0 Å². The van der Waals surface area contributed by atoms with Crippen molar-refractivity contribution in [3.63, 3.8) is 0 Å². The summed E-state index contributed by atoms with van der Waals surface area (Å²) in [5.41, 5.74) is 2.18. The highest BCUT2D eigenvalue weighted by Crippen LogP contribution is 2.30. The molecule has 136 valence electrons. The van der Waals surface area contributed by atoms with Gasteiger partial charge in [-0.25, -0.2) is 4.98 Å². The molecule has 2 rings (SSSR count). The number of rotatable bonds is 8. The molecule has 0 spiro atoms. The van der Waals surface area contributed by atoms with Gasteiger partial charge in [-0.1, -0.05) is 39.0 Å². The fourth-order valence-corrected chi connectivity index (χ4v) is 3.37. The summed E-state index contributed by atoms with van der Waals surface area (Å²) in [5, 5.41) is 6.17. The normalized spacial score (nSPS) is 11.4. The number of amides is 1. The number of benzene rings is 1. The Kier molecular flexibility index (Phi) is 7.00. The van der Waals surface area contributed by atoms with Gasteiger partial charge in [0, 0.05) is 17.6 Å². The lowest BCUT2D eigenvalue weighted by molar-refractivity contribution is -0.123. The van der Waals surface area contributed by atoms with Crippen molar-refractivity contribution in [3.05, 3.63) is 45.9 Å². The summed E-state index contributed by atoms with van der Waals surface area (Å²) in [5.74, 6) is 0.707. The largest absolute Gasteiger partial charge is 0.483 e. The SMILES string of the molecule is Cc1csc(CCCCNC(=O)COc2ccccc2C(C)(C)C)n1. The number of carbonyl (C=O) groups is 1. The highest BCUT2D eigenvalue weighted by molar-refractivity contribution is 7.09.